The van der Waals surface area contributed by atoms with Crippen molar-refractivity contribution in [2.75, 3.05) is 0 Å². The summed E-state index contributed by atoms with van der Waals surface area (Å²) >= 11 is 5.95. The first-order valence-corrected chi connectivity index (χ1v) is 6.09. The van der Waals surface area contributed by atoms with E-state index in [4.69, 9.17) is 11.6 Å². The molecule has 0 aliphatic carbocycles. The fraction of sp³-hybridized carbons (Fsp3) is 0. The van der Waals surface area contributed by atoms with E-state index in [1.807, 2.05) is 30.3 Å². The van der Waals surface area contributed by atoms with Gasteiger partial charge in [0.05, 0.1) is 11.1 Å². The van der Waals surface area contributed by atoms with Crippen molar-refractivity contribution in [1.29, 1.82) is 5.26 Å². The molecule has 0 spiro atoms. The van der Waals surface area contributed by atoms with Crippen LogP contribution in [0.15, 0.2) is 48.5 Å². The Kier molecular flexibility index (Phi) is 2.66. The summed E-state index contributed by atoms with van der Waals surface area (Å²) in [5, 5.41) is 20.8. The number of hydrogen-bond acceptors (Lipinski definition) is 2. The van der Waals surface area contributed by atoms with Gasteiger partial charge in [-0.25, -0.2) is 0 Å². The minimum atomic E-state index is 0.422. The molecular formula is C15H9ClN2O. The molecular weight excluding hydrogens is 260 g/mol. The maximum Gasteiger partial charge on any atom is 0.106 e. The van der Waals surface area contributed by atoms with Gasteiger partial charge in [-0.15, -0.1) is 0 Å². The highest BCUT2D eigenvalue weighted by atomic mass is 35.5. The second-order valence-corrected chi connectivity index (χ2v) is 4.61. The zero-order chi connectivity index (χ0) is 13.4. The van der Waals surface area contributed by atoms with E-state index in [2.05, 4.69) is 6.07 Å². The summed E-state index contributed by atoms with van der Waals surface area (Å²) in [5.41, 5.74) is 2.26. The SMILES string of the molecule is N#Cc1c(-c2ccccc2)n(O)c2ccc(Cl)cc12. The minimum absolute atomic E-state index is 0.422. The predicted octanol–water partition coefficient (Wildman–Crippen LogP) is 4.07. The van der Waals surface area contributed by atoms with Crippen molar-refractivity contribution in [3.63, 3.8) is 0 Å². The van der Waals surface area contributed by atoms with E-state index in [0.717, 1.165) is 10.3 Å². The molecule has 0 bridgehead atoms. The summed E-state index contributed by atoms with van der Waals surface area (Å²) in [6.07, 6.45) is 0. The fourth-order valence-corrected chi connectivity index (χ4v) is 2.40. The summed E-state index contributed by atoms with van der Waals surface area (Å²) in [5.74, 6) is 0. The summed E-state index contributed by atoms with van der Waals surface area (Å²) in [6, 6.07) is 16.5. The van der Waals surface area contributed by atoms with Crippen LogP contribution in [-0.2, 0) is 0 Å². The van der Waals surface area contributed by atoms with E-state index in [1.165, 1.54) is 0 Å². The van der Waals surface area contributed by atoms with Gasteiger partial charge in [-0.05, 0) is 18.2 Å². The predicted molar refractivity (Wildman–Crippen MR) is 74.3 cm³/mol. The van der Waals surface area contributed by atoms with Crippen LogP contribution in [-0.4, -0.2) is 9.94 Å². The lowest BCUT2D eigenvalue weighted by atomic mass is 10.1. The van der Waals surface area contributed by atoms with Gasteiger partial charge in [0.25, 0.3) is 0 Å². The zero-order valence-electron chi connectivity index (χ0n) is 9.84. The number of nitriles is 1. The van der Waals surface area contributed by atoms with E-state index in [-0.39, 0.29) is 0 Å². The van der Waals surface area contributed by atoms with Crippen LogP contribution in [0, 0.1) is 11.3 Å². The molecule has 0 saturated carbocycles. The molecule has 0 fully saturated rings. The molecule has 0 aliphatic rings. The van der Waals surface area contributed by atoms with Gasteiger partial charge in [-0.3, -0.25) is 0 Å². The smallest absolute Gasteiger partial charge is 0.106 e. The zero-order valence-corrected chi connectivity index (χ0v) is 10.6. The van der Waals surface area contributed by atoms with Gasteiger partial charge < -0.3 is 5.21 Å². The quantitative estimate of drug-likeness (QED) is 0.676. The number of benzene rings is 2. The topological polar surface area (TPSA) is 49.0 Å². The monoisotopic (exact) mass is 268 g/mol. The molecule has 1 aromatic heterocycles. The number of fused-ring (bicyclic) bond motifs is 1. The lowest BCUT2D eigenvalue weighted by Gasteiger charge is -2.02. The first-order chi connectivity index (χ1) is 9.22. The molecule has 19 heavy (non-hydrogen) atoms. The Morgan fingerprint density at radius 2 is 1.84 bits per heavy atom. The van der Waals surface area contributed by atoms with Gasteiger partial charge in [0.2, 0.25) is 0 Å². The molecule has 0 saturated heterocycles. The van der Waals surface area contributed by atoms with Crippen LogP contribution in [0.5, 0.6) is 0 Å². The molecule has 3 rings (SSSR count). The Labute approximate surface area is 114 Å². The van der Waals surface area contributed by atoms with Crippen LogP contribution in [0.3, 0.4) is 0 Å². The van der Waals surface area contributed by atoms with E-state index in [1.54, 1.807) is 18.2 Å². The normalized spacial score (nSPS) is 10.5. The van der Waals surface area contributed by atoms with Gasteiger partial charge >= 0.3 is 0 Å². The van der Waals surface area contributed by atoms with Gasteiger partial charge in [-0.2, -0.15) is 9.99 Å². The van der Waals surface area contributed by atoms with E-state index in [9.17, 15) is 10.5 Å². The largest absolute Gasteiger partial charge is 0.428 e. The summed E-state index contributed by atoms with van der Waals surface area (Å²) in [6.45, 7) is 0. The standard InChI is InChI=1S/C15H9ClN2O/c16-11-6-7-14-12(8-11)13(9-17)15(18(14)19)10-4-2-1-3-5-10/h1-8,19H. The Bertz CT molecular complexity index is 800. The maximum absolute atomic E-state index is 10.3. The van der Waals surface area contributed by atoms with Crippen LogP contribution in [0.25, 0.3) is 22.2 Å². The Morgan fingerprint density at radius 1 is 1.11 bits per heavy atom. The first-order valence-electron chi connectivity index (χ1n) is 5.71. The molecule has 92 valence electrons. The van der Waals surface area contributed by atoms with Crippen molar-refractivity contribution >= 4 is 22.5 Å². The second-order valence-electron chi connectivity index (χ2n) is 4.17. The Balaban J connectivity index is 2.43. The Morgan fingerprint density at radius 3 is 2.53 bits per heavy atom. The van der Waals surface area contributed by atoms with Crippen LogP contribution in [0.4, 0.5) is 0 Å². The number of halogens is 1. The van der Waals surface area contributed by atoms with Crippen molar-refractivity contribution in [2.24, 2.45) is 0 Å². The lowest BCUT2D eigenvalue weighted by Crippen LogP contribution is -1.93. The molecule has 3 nitrogen and oxygen atoms in total. The van der Waals surface area contributed by atoms with Crippen LogP contribution in [0.1, 0.15) is 5.56 Å². The molecule has 2 aromatic carbocycles. The lowest BCUT2D eigenvalue weighted by molar-refractivity contribution is 0.204. The minimum Gasteiger partial charge on any atom is -0.428 e. The molecule has 0 amide bonds. The third-order valence-corrected chi connectivity index (χ3v) is 3.30. The summed E-state index contributed by atoms with van der Waals surface area (Å²) in [7, 11) is 0. The van der Waals surface area contributed by atoms with Crippen molar-refractivity contribution in [1.82, 2.24) is 4.73 Å². The molecule has 0 unspecified atom stereocenters. The number of nitrogens with zero attached hydrogens (tertiary/aromatic N) is 2. The number of rotatable bonds is 1. The van der Waals surface area contributed by atoms with E-state index in [0.29, 0.717) is 27.2 Å². The van der Waals surface area contributed by atoms with E-state index >= 15 is 0 Å². The molecule has 0 radical (unpaired) electrons. The Hall–Kier alpha value is -2.44. The van der Waals surface area contributed by atoms with Gasteiger partial charge in [0, 0.05) is 16.0 Å². The number of hydrogen-bond donors (Lipinski definition) is 1. The fourth-order valence-electron chi connectivity index (χ4n) is 2.22. The molecule has 4 heteroatoms. The van der Waals surface area contributed by atoms with Gasteiger partial charge in [0.1, 0.15) is 11.8 Å². The maximum atomic E-state index is 10.3. The summed E-state index contributed by atoms with van der Waals surface area (Å²) < 4.78 is 1.04. The number of aromatic nitrogens is 1. The molecule has 1 heterocycles. The highest BCUT2D eigenvalue weighted by Gasteiger charge is 2.18. The van der Waals surface area contributed by atoms with Crippen molar-refractivity contribution in [3.8, 4) is 17.3 Å². The van der Waals surface area contributed by atoms with Gasteiger partial charge in [0.15, 0.2) is 0 Å². The molecule has 0 atom stereocenters. The third-order valence-electron chi connectivity index (χ3n) is 3.06. The second kappa shape index (κ2) is 4.34. The van der Waals surface area contributed by atoms with Crippen LogP contribution >= 0.6 is 11.6 Å². The average Bonchev–Trinajstić information content (AvgIpc) is 2.71. The van der Waals surface area contributed by atoms with Crippen LogP contribution in [0.2, 0.25) is 5.02 Å². The summed E-state index contributed by atoms with van der Waals surface area (Å²) in [4.78, 5) is 0. The molecule has 3 aromatic rings. The third kappa shape index (κ3) is 1.74. The van der Waals surface area contributed by atoms with Crippen molar-refractivity contribution in [2.45, 2.75) is 0 Å². The highest BCUT2D eigenvalue weighted by Crippen LogP contribution is 2.33. The molecule has 1 N–H and O–H groups in total. The highest BCUT2D eigenvalue weighted by molar-refractivity contribution is 6.31. The van der Waals surface area contributed by atoms with Crippen molar-refractivity contribution < 1.29 is 5.21 Å². The van der Waals surface area contributed by atoms with Crippen LogP contribution < -0.4 is 0 Å². The molecule has 0 aliphatic heterocycles. The van der Waals surface area contributed by atoms with Crippen molar-refractivity contribution in [3.05, 3.63) is 59.1 Å². The first kappa shape index (κ1) is 11.6. The average molecular weight is 269 g/mol. The van der Waals surface area contributed by atoms with E-state index < -0.39 is 0 Å². The van der Waals surface area contributed by atoms with Gasteiger partial charge in [-0.1, -0.05) is 41.9 Å².